The molecular weight excluding hydrogens is 357 g/mol. The van der Waals surface area contributed by atoms with Gasteiger partial charge in [-0.1, -0.05) is 58.6 Å². The van der Waals surface area contributed by atoms with Gasteiger partial charge in [-0.3, -0.25) is 0 Å². The number of hydrogen-bond acceptors (Lipinski definition) is 0. The van der Waals surface area contributed by atoms with Gasteiger partial charge in [0.2, 0.25) is 0 Å². The average Bonchev–Trinajstić information content (AvgIpc) is 2.97. The molecule has 0 aromatic carbocycles. The predicted octanol–water partition coefficient (Wildman–Crippen LogP) is 5.27. The van der Waals surface area contributed by atoms with E-state index in [1.807, 2.05) is 0 Å². The van der Waals surface area contributed by atoms with Crippen molar-refractivity contribution in [3.63, 3.8) is 0 Å². The molecular formula is C12H8Cl6. The first-order valence-corrected chi connectivity index (χ1v) is 8.05. The van der Waals surface area contributed by atoms with Gasteiger partial charge in [-0.25, -0.2) is 0 Å². The van der Waals surface area contributed by atoms with Crippen LogP contribution in [-0.4, -0.2) is 14.1 Å². The molecule has 2 saturated carbocycles. The second-order valence-corrected chi connectivity index (χ2v) is 8.90. The summed E-state index contributed by atoms with van der Waals surface area (Å²) < 4.78 is -1.37. The molecule has 0 aliphatic heterocycles. The minimum Gasteiger partial charge on any atom is -0.109 e. The molecule has 0 N–H and O–H groups in total. The smallest absolute Gasteiger partial charge is 0.109 e. The number of halogens is 6. The lowest BCUT2D eigenvalue weighted by molar-refractivity contribution is 0.305. The van der Waals surface area contributed by atoms with E-state index in [-0.39, 0.29) is 11.8 Å². The fourth-order valence-corrected chi connectivity index (χ4v) is 7.61. The summed E-state index contributed by atoms with van der Waals surface area (Å²) in [6, 6.07) is 0. The summed E-state index contributed by atoms with van der Waals surface area (Å²) in [6.07, 6.45) is 5.40. The van der Waals surface area contributed by atoms with E-state index in [2.05, 4.69) is 12.2 Å². The number of rotatable bonds is 0. The Morgan fingerprint density at radius 2 is 1.22 bits per heavy atom. The molecule has 0 spiro atoms. The molecule has 0 amide bonds. The van der Waals surface area contributed by atoms with E-state index in [9.17, 15) is 0 Å². The molecule has 0 aromatic rings. The van der Waals surface area contributed by atoms with Crippen LogP contribution in [0.1, 0.15) is 6.42 Å². The predicted molar refractivity (Wildman–Crippen MR) is 78.1 cm³/mol. The summed E-state index contributed by atoms with van der Waals surface area (Å²) in [5.74, 6) is 0.815. The van der Waals surface area contributed by atoms with Crippen molar-refractivity contribution in [2.24, 2.45) is 23.7 Å². The summed E-state index contributed by atoms with van der Waals surface area (Å²) >= 11 is 39.2. The molecule has 4 aliphatic rings. The lowest BCUT2D eigenvalue weighted by Gasteiger charge is -2.37. The van der Waals surface area contributed by atoms with Gasteiger partial charge in [0.1, 0.15) is 9.75 Å². The average molecular weight is 365 g/mol. The topological polar surface area (TPSA) is 0 Å². The molecule has 0 nitrogen and oxygen atoms in total. The Hall–Kier alpha value is 1.22. The normalized spacial score (nSPS) is 58.8. The number of fused-ring (bicyclic) bond motifs is 9. The highest BCUT2D eigenvalue weighted by molar-refractivity contribution is 6.65. The van der Waals surface area contributed by atoms with Gasteiger partial charge in [0.05, 0.1) is 10.1 Å². The standard InChI is InChI=1S/C12H8Cl6/c13-8-9(14)11(16)7-5-2-1-4(3-5)6(7)10(8,15)12(11,17)18/h1-2,4-7H,3H2/t4-,5-,6+,7+,10-,11-/m0/s1. The summed E-state index contributed by atoms with van der Waals surface area (Å²) in [7, 11) is 0. The van der Waals surface area contributed by atoms with Crippen molar-refractivity contribution >= 4 is 69.6 Å². The number of alkyl halides is 4. The first-order chi connectivity index (χ1) is 8.28. The lowest BCUT2D eigenvalue weighted by Crippen LogP contribution is -2.46. The minimum atomic E-state index is -1.37. The van der Waals surface area contributed by atoms with E-state index in [1.165, 1.54) is 0 Å². The molecule has 4 rings (SSSR count). The number of allylic oxidation sites excluding steroid dienone is 4. The van der Waals surface area contributed by atoms with Crippen LogP contribution in [0.3, 0.4) is 0 Å². The van der Waals surface area contributed by atoms with Crippen molar-refractivity contribution in [3.05, 3.63) is 22.2 Å². The highest BCUT2D eigenvalue weighted by Crippen LogP contribution is 2.81. The second kappa shape index (κ2) is 3.34. The molecule has 2 fully saturated rings. The molecule has 0 radical (unpaired) electrons. The van der Waals surface area contributed by atoms with Crippen LogP contribution < -0.4 is 0 Å². The van der Waals surface area contributed by atoms with Crippen LogP contribution in [0.2, 0.25) is 0 Å². The van der Waals surface area contributed by atoms with Gasteiger partial charge < -0.3 is 0 Å². The fraction of sp³-hybridized carbons (Fsp3) is 0.667. The van der Waals surface area contributed by atoms with Crippen molar-refractivity contribution in [2.75, 3.05) is 0 Å². The Balaban J connectivity index is 2.03. The van der Waals surface area contributed by atoms with Crippen LogP contribution in [0.25, 0.3) is 0 Å². The molecule has 6 atom stereocenters. The van der Waals surface area contributed by atoms with Crippen LogP contribution in [0.4, 0.5) is 0 Å². The molecule has 4 aliphatic carbocycles. The first kappa shape index (κ1) is 12.9. The SMILES string of the molecule is ClC1=C(Cl)[C@@]2(Cl)[C@H]3[C@@H]([C@H]4C=C[C@H]3C4)[C@@]1(Cl)C2(Cl)Cl. The van der Waals surface area contributed by atoms with E-state index in [4.69, 9.17) is 69.6 Å². The van der Waals surface area contributed by atoms with Gasteiger partial charge >= 0.3 is 0 Å². The summed E-state index contributed by atoms with van der Waals surface area (Å²) in [5.41, 5.74) is 0. The van der Waals surface area contributed by atoms with Crippen LogP contribution in [-0.2, 0) is 0 Å². The third-order valence-electron chi connectivity index (χ3n) is 5.12. The molecule has 4 bridgehead atoms. The van der Waals surface area contributed by atoms with Gasteiger partial charge in [0, 0.05) is 0 Å². The Labute approximate surface area is 135 Å². The van der Waals surface area contributed by atoms with Gasteiger partial charge in [-0.15, -0.1) is 23.2 Å². The third kappa shape index (κ3) is 0.973. The quantitative estimate of drug-likeness (QED) is 0.312. The van der Waals surface area contributed by atoms with Gasteiger partial charge in [0.15, 0.2) is 4.33 Å². The zero-order valence-electron chi connectivity index (χ0n) is 8.94. The molecule has 0 aromatic heterocycles. The fourth-order valence-electron chi connectivity index (χ4n) is 4.48. The molecule has 18 heavy (non-hydrogen) atoms. The van der Waals surface area contributed by atoms with Crippen molar-refractivity contribution in [1.82, 2.24) is 0 Å². The molecule has 0 saturated heterocycles. The minimum absolute atomic E-state index is 0.0664. The second-order valence-electron chi connectivity index (χ2n) is 5.63. The van der Waals surface area contributed by atoms with Crippen molar-refractivity contribution < 1.29 is 0 Å². The van der Waals surface area contributed by atoms with Crippen molar-refractivity contribution in [2.45, 2.75) is 20.5 Å². The van der Waals surface area contributed by atoms with Crippen LogP contribution in [0.15, 0.2) is 22.2 Å². The Morgan fingerprint density at radius 1 is 0.833 bits per heavy atom. The van der Waals surface area contributed by atoms with E-state index < -0.39 is 14.1 Å². The van der Waals surface area contributed by atoms with Crippen LogP contribution >= 0.6 is 69.6 Å². The monoisotopic (exact) mass is 362 g/mol. The Kier molecular flexibility index (Phi) is 2.40. The molecule has 0 heterocycles. The van der Waals surface area contributed by atoms with Crippen LogP contribution in [0.5, 0.6) is 0 Å². The van der Waals surface area contributed by atoms with Crippen molar-refractivity contribution in [3.8, 4) is 0 Å². The maximum Gasteiger partial charge on any atom is 0.166 e. The van der Waals surface area contributed by atoms with Gasteiger partial charge in [-0.2, -0.15) is 0 Å². The number of hydrogen-bond donors (Lipinski definition) is 0. The largest absolute Gasteiger partial charge is 0.166 e. The third-order valence-corrected chi connectivity index (χ3v) is 9.42. The van der Waals surface area contributed by atoms with E-state index in [0.29, 0.717) is 21.9 Å². The zero-order chi connectivity index (χ0) is 13.1. The maximum atomic E-state index is 6.76. The van der Waals surface area contributed by atoms with Gasteiger partial charge in [0.25, 0.3) is 0 Å². The van der Waals surface area contributed by atoms with E-state index >= 15 is 0 Å². The van der Waals surface area contributed by atoms with Crippen LogP contribution in [0, 0.1) is 23.7 Å². The summed E-state index contributed by atoms with van der Waals surface area (Å²) in [4.78, 5) is -2.13. The van der Waals surface area contributed by atoms with E-state index in [1.54, 1.807) is 0 Å². The zero-order valence-corrected chi connectivity index (χ0v) is 13.5. The van der Waals surface area contributed by atoms with Crippen molar-refractivity contribution in [1.29, 1.82) is 0 Å². The maximum absolute atomic E-state index is 6.76. The molecule has 6 heteroatoms. The Morgan fingerprint density at radius 3 is 1.61 bits per heavy atom. The first-order valence-electron chi connectivity index (χ1n) is 5.78. The van der Waals surface area contributed by atoms with E-state index in [0.717, 1.165) is 6.42 Å². The summed E-state index contributed by atoms with van der Waals surface area (Å²) in [5, 5.41) is 0.654. The molecule has 0 unspecified atom stereocenters. The Bertz CT molecular complexity index is 481. The highest BCUT2D eigenvalue weighted by Gasteiger charge is 2.85. The summed E-state index contributed by atoms with van der Waals surface area (Å²) in [6.45, 7) is 0. The van der Waals surface area contributed by atoms with Gasteiger partial charge in [-0.05, 0) is 30.1 Å². The highest BCUT2D eigenvalue weighted by atomic mass is 35.5. The lowest BCUT2D eigenvalue weighted by atomic mass is 9.75. The molecule has 98 valence electrons.